The number of thiazole rings is 1. The first kappa shape index (κ1) is 43.0. The molecule has 14 nitrogen and oxygen atoms in total. The van der Waals surface area contributed by atoms with E-state index in [-0.39, 0.29) is 41.9 Å². The fraction of sp³-hybridized carbons (Fsp3) is 0.468. The summed E-state index contributed by atoms with van der Waals surface area (Å²) in [5, 5.41) is 14.8. The molecule has 1 saturated carbocycles. The molecule has 4 amide bonds. The number of nitrogens with zero attached hydrogens (tertiary/aromatic N) is 5. The van der Waals surface area contributed by atoms with Crippen molar-refractivity contribution in [3.63, 3.8) is 0 Å². The standard InChI is InChI=1S/C47H56N8O6S/c1-28(2)40(52-39(59)27-56)45(60)54-23-11-17-37(54)44-48-25-35(51-44)30-18-20-33(21-19-30)43-42(32-14-8-5-9-15-32)55-26-34(50-47(55)62-43)24-38(58)36-16-10-22-53(36)46(61)41(49-29(3)57)31-12-6-4-7-13-31/h4,6-7,12-13,18-21,25-26,28,32,36-37,40-41,56H,5,8-11,14-17,22-24,27H2,1-3H3,(H,48,51)(H,49,57)(H,52,59)/t36-,37-,40-,41+/m0/s1. The van der Waals surface area contributed by atoms with Crippen LogP contribution in [0.15, 0.2) is 67.0 Å². The van der Waals surface area contributed by atoms with E-state index in [1.807, 2.05) is 50.4 Å². The van der Waals surface area contributed by atoms with Gasteiger partial charge in [0.15, 0.2) is 10.7 Å². The number of amides is 4. The fourth-order valence-electron chi connectivity index (χ4n) is 9.60. The molecule has 0 spiro atoms. The van der Waals surface area contributed by atoms with Gasteiger partial charge in [-0.3, -0.25) is 28.4 Å². The predicted octanol–water partition coefficient (Wildman–Crippen LogP) is 6.28. The molecular weight excluding hydrogens is 805 g/mol. The van der Waals surface area contributed by atoms with Crippen LogP contribution < -0.4 is 10.6 Å². The Hall–Kier alpha value is -5.67. The Kier molecular flexibility index (Phi) is 13.0. The zero-order chi connectivity index (χ0) is 43.5. The summed E-state index contributed by atoms with van der Waals surface area (Å²) in [6.45, 7) is 5.50. The van der Waals surface area contributed by atoms with Crippen molar-refractivity contribution >= 4 is 45.7 Å². The van der Waals surface area contributed by atoms with Crippen molar-refractivity contribution in [2.75, 3.05) is 19.7 Å². The minimum atomic E-state index is -0.860. The lowest BCUT2D eigenvalue weighted by molar-refractivity contribution is -0.140. The topological polar surface area (TPSA) is 182 Å². The first-order chi connectivity index (χ1) is 30.0. The number of nitrogens with one attached hydrogen (secondary N) is 3. The predicted molar refractivity (Wildman–Crippen MR) is 236 cm³/mol. The molecule has 0 unspecified atom stereocenters. The number of likely N-dealkylation sites (tertiary alicyclic amines) is 2. The maximum Gasteiger partial charge on any atom is 0.250 e. The van der Waals surface area contributed by atoms with Crippen LogP contribution in [-0.4, -0.2) is 95.5 Å². The lowest BCUT2D eigenvalue weighted by Gasteiger charge is -2.30. The molecule has 1 aliphatic carbocycles. The number of aromatic amines is 1. The summed E-state index contributed by atoms with van der Waals surface area (Å²) in [5.74, 6) is -0.465. The van der Waals surface area contributed by atoms with Crippen LogP contribution in [0.3, 0.4) is 0 Å². The Morgan fingerprint density at radius 3 is 2.27 bits per heavy atom. The van der Waals surface area contributed by atoms with Gasteiger partial charge in [-0.1, -0.05) is 99.0 Å². The highest BCUT2D eigenvalue weighted by atomic mass is 32.1. The summed E-state index contributed by atoms with van der Waals surface area (Å²) < 4.78 is 2.20. The number of hydrogen-bond acceptors (Lipinski definition) is 9. The van der Waals surface area contributed by atoms with Crippen LogP contribution in [0.4, 0.5) is 0 Å². The number of fused-ring (bicyclic) bond motifs is 1. The zero-order valence-corrected chi connectivity index (χ0v) is 36.5. The second-order valence-electron chi connectivity index (χ2n) is 17.3. The van der Waals surface area contributed by atoms with Crippen molar-refractivity contribution in [1.82, 2.24) is 39.8 Å². The van der Waals surface area contributed by atoms with Gasteiger partial charge < -0.3 is 30.5 Å². The third-order valence-electron chi connectivity index (χ3n) is 12.7. The Balaban J connectivity index is 1.00. The first-order valence-corrected chi connectivity index (χ1v) is 22.8. The van der Waals surface area contributed by atoms with Crippen LogP contribution in [0.2, 0.25) is 0 Å². The Labute approximate surface area is 365 Å². The molecule has 2 aromatic carbocycles. The lowest BCUT2D eigenvalue weighted by atomic mass is 9.85. The molecule has 62 heavy (non-hydrogen) atoms. The molecule has 5 heterocycles. The van der Waals surface area contributed by atoms with E-state index in [0.29, 0.717) is 48.9 Å². The van der Waals surface area contributed by atoms with Crippen LogP contribution in [-0.2, 0) is 30.4 Å². The van der Waals surface area contributed by atoms with Gasteiger partial charge in [0.2, 0.25) is 23.6 Å². The molecule has 2 aliphatic heterocycles. The number of H-pyrrole nitrogens is 1. The Bertz CT molecular complexity index is 2420. The number of benzene rings is 2. The smallest absolute Gasteiger partial charge is 0.250 e. The average Bonchev–Trinajstić information content (AvgIpc) is 4.14. The number of hydrogen-bond donors (Lipinski definition) is 4. The fourth-order valence-corrected chi connectivity index (χ4v) is 10.8. The minimum absolute atomic E-state index is 0.0493. The van der Waals surface area contributed by atoms with E-state index in [4.69, 9.17) is 9.97 Å². The molecule has 8 rings (SSSR count). The SMILES string of the molecule is CC(=O)N[C@@H](C(=O)N1CCC[C@H]1C(=O)Cc1cn2c(C3CCCCC3)c(-c3ccc(-c4cnc([C@@H]5CCCN5C(=O)[C@@H](NC(=O)CO)C(C)C)[nH]4)cc3)sc2n1)c1ccccc1. The molecule has 2 saturated heterocycles. The Morgan fingerprint density at radius 2 is 1.56 bits per heavy atom. The average molecular weight is 861 g/mol. The van der Waals surface area contributed by atoms with Gasteiger partial charge in [-0.25, -0.2) is 9.97 Å². The number of rotatable bonds is 14. The largest absolute Gasteiger partial charge is 0.387 e. The maximum absolute atomic E-state index is 14.0. The first-order valence-electron chi connectivity index (χ1n) is 22.0. The van der Waals surface area contributed by atoms with Crippen molar-refractivity contribution in [2.45, 2.75) is 115 Å². The van der Waals surface area contributed by atoms with Crippen molar-refractivity contribution in [3.05, 3.63) is 89.8 Å². The van der Waals surface area contributed by atoms with Crippen molar-refractivity contribution in [2.24, 2.45) is 5.92 Å². The van der Waals surface area contributed by atoms with Crippen LogP contribution >= 0.6 is 11.3 Å². The maximum atomic E-state index is 14.0. The summed E-state index contributed by atoms with van der Waals surface area (Å²) in [4.78, 5) is 84.3. The van der Waals surface area contributed by atoms with Gasteiger partial charge in [0.25, 0.3) is 0 Å². The number of carbonyl (C=O) groups excluding carboxylic acids is 5. The van der Waals surface area contributed by atoms with Gasteiger partial charge in [-0.05, 0) is 61.1 Å². The van der Waals surface area contributed by atoms with E-state index in [1.54, 1.807) is 27.3 Å². The molecule has 3 fully saturated rings. The molecule has 15 heteroatoms. The minimum Gasteiger partial charge on any atom is -0.387 e. The van der Waals surface area contributed by atoms with E-state index in [9.17, 15) is 29.1 Å². The number of ketones is 1. The highest BCUT2D eigenvalue weighted by molar-refractivity contribution is 7.20. The van der Waals surface area contributed by atoms with Crippen molar-refractivity contribution in [1.29, 1.82) is 0 Å². The molecule has 326 valence electrons. The summed E-state index contributed by atoms with van der Waals surface area (Å²) in [7, 11) is 0. The third kappa shape index (κ3) is 8.96. The second kappa shape index (κ2) is 18.7. The molecule has 0 radical (unpaired) electrons. The highest BCUT2D eigenvalue weighted by Gasteiger charge is 2.39. The highest BCUT2D eigenvalue weighted by Crippen LogP contribution is 2.43. The molecule has 4 N–H and O–H groups in total. The molecule has 4 atom stereocenters. The summed E-state index contributed by atoms with van der Waals surface area (Å²) in [6, 6.07) is 15.2. The van der Waals surface area contributed by atoms with Gasteiger partial charge in [0.05, 0.1) is 41.0 Å². The normalized spacial score (nSPS) is 19.2. The van der Waals surface area contributed by atoms with E-state index in [1.165, 1.54) is 23.9 Å². The van der Waals surface area contributed by atoms with Gasteiger partial charge >= 0.3 is 0 Å². The van der Waals surface area contributed by atoms with Crippen LogP contribution in [0, 0.1) is 5.92 Å². The number of Topliss-reactive ketones (excluding diaryl/α,β-unsaturated/α-hetero) is 1. The van der Waals surface area contributed by atoms with Crippen molar-refractivity contribution < 1.29 is 29.1 Å². The van der Waals surface area contributed by atoms with Gasteiger partial charge in [0.1, 0.15) is 24.5 Å². The van der Waals surface area contributed by atoms with Gasteiger partial charge in [-0.2, -0.15) is 0 Å². The van der Waals surface area contributed by atoms with Crippen LogP contribution in [0.25, 0.3) is 26.7 Å². The molecule has 5 aromatic rings. The van der Waals surface area contributed by atoms with E-state index in [0.717, 1.165) is 60.3 Å². The monoisotopic (exact) mass is 860 g/mol. The number of imidazole rings is 2. The molecule has 3 aliphatic rings. The Morgan fingerprint density at radius 1 is 0.855 bits per heavy atom. The zero-order valence-electron chi connectivity index (χ0n) is 35.6. The van der Waals surface area contributed by atoms with E-state index >= 15 is 0 Å². The number of aliphatic hydroxyl groups is 1. The van der Waals surface area contributed by atoms with Crippen LogP contribution in [0.1, 0.15) is 119 Å². The number of carbonyl (C=O) groups is 5. The summed E-state index contributed by atoms with van der Waals surface area (Å²) >= 11 is 1.64. The lowest BCUT2D eigenvalue weighted by Crippen LogP contribution is -2.51. The van der Waals surface area contributed by atoms with Crippen LogP contribution in [0.5, 0.6) is 0 Å². The summed E-state index contributed by atoms with van der Waals surface area (Å²) in [5.41, 5.74) is 5.50. The van der Waals surface area contributed by atoms with E-state index < -0.39 is 30.6 Å². The molecule has 0 bridgehead atoms. The quantitative estimate of drug-likeness (QED) is 0.101. The van der Waals surface area contributed by atoms with Gasteiger partial charge in [0, 0.05) is 37.8 Å². The number of aromatic nitrogens is 4. The molecule has 3 aromatic heterocycles. The summed E-state index contributed by atoms with van der Waals surface area (Å²) in [6.07, 6.45) is 12.5. The van der Waals surface area contributed by atoms with Crippen molar-refractivity contribution in [3.8, 4) is 21.7 Å². The number of aliphatic hydroxyl groups excluding tert-OH is 1. The third-order valence-corrected chi connectivity index (χ3v) is 13.8. The molecular formula is C47H56N8O6S. The van der Waals surface area contributed by atoms with E-state index in [2.05, 4.69) is 44.3 Å². The second-order valence-corrected chi connectivity index (χ2v) is 18.3. The van der Waals surface area contributed by atoms with Gasteiger partial charge in [-0.15, -0.1) is 0 Å².